The van der Waals surface area contributed by atoms with Crippen molar-refractivity contribution in [3.63, 3.8) is 0 Å². The van der Waals surface area contributed by atoms with Gasteiger partial charge in [0.1, 0.15) is 30.1 Å². The molecule has 2 fully saturated rings. The van der Waals surface area contributed by atoms with Crippen molar-refractivity contribution in [3.05, 3.63) is 72.7 Å². The number of hydrogen-bond acceptors (Lipinski definition) is 6. The minimum atomic E-state index is 0.419. The van der Waals surface area contributed by atoms with Crippen molar-refractivity contribution < 1.29 is 4.74 Å². The highest BCUT2D eigenvalue weighted by Gasteiger charge is 2.32. The molecule has 3 heterocycles. The van der Waals surface area contributed by atoms with E-state index in [1.54, 1.807) is 6.33 Å². The van der Waals surface area contributed by atoms with Gasteiger partial charge in [0.25, 0.3) is 0 Å². The first-order chi connectivity index (χ1) is 18.8. The summed E-state index contributed by atoms with van der Waals surface area (Å²) in [5.74, 6) is 2.04. The summed E-state index contributed by atoms with van der Waals surface area (Å²) >= 11 is 0. The molecule has 38 heavy (non-hydrogen) atoms. The van der Waals surface area contributed by atoms with Crippen LogP contribution in [0.4, 0.5) is 5.82 Å². The molecule has 2 aromatic carbocycles. The molecule has 0 unspecified atom stereocenters. The average molecular weight is 511 g/mol. The molecule has 2 aromatic heterocycles. The second kappa shape index (κ2) is 11.5. The molecule has 3 N–H and O–H groups in total. The van der Waals surface area contributed by atoms with E-state index in [1.807, 2.05) is 36.4 Å². The molecule has 7 heteroatoms. The Hall–Kier alpha value is -3.42. The molecule has 0 atom stereocenters. The summed E-state index contributed by atoms with van der Waals surface area (Å²) in [5.41, 5.74) is 10.5. The van der Waals surface area contributed by atoms with Crippen molar-refractivity contribution in [3.8, 4) is 16.9 Å². The zero-order valence-electron chi connectivity index (χ0n) is 22.1. The van der Waals surface area contributed by atoms with Crippen molar-refractivity contribution in [1.29, 1.82) is 0 Å². The lowest BCUT2D eigenvalue weighted by Crippen LogP contribution is -2.40. The number of fused-ring (bicyclic) bond motifs is 1. The van der Waals surface area contributed by atoms with Gasteiger partial charge in [0.05, 0.1) is 5.39 Å². The number of rotatable bonds is 9. The fourth-order valence-corrected chi connectivity index (χ4v) is 5.96. The van der Waals surface area contributed by atoms with Gasteiger partial charge in [0.15, 0.2) is 0 Å². The summed E-state index contributed by atoms with van der Waals surface area (Å²) in [7, 11) is 0. The van der Waals surface area contributed by atoms with E-state index in [4.69, 9.17) is 10.5 Å². The first-order valence-corrected chi connectivity index (χ1v) is 14.1. The van der Waals surface area contributed by atoms with Gasteiger partial charge in [-0.05, 0) is 62.9 Å². The first-order valence-electron chi connectivity index (χ1n) is 14.1. The van der Waals surface area contributed by atoms with E-state index in [0.717, 1.165) is 59.5 Å². The maximum absolute atomic E-state index is 6.44. The molecular formula is C31H38N6O. The van der Waals surface area contributed by atoms with Crippen LogP contribution in [-0.4, -0.2) is 45.7 Å². The van der Waals surface area contributed by atoms with Crippen LogP contribution in [0.1, 0.15) is 50.1 Å². The standard InChI is InChI=1S/C31H38N6O/c32-30-29-27(26-12-6-7-13-28(26)38-20-23-10-4-3-5-11-23)19-37(31(29)35-21-34-30)25-16-24(17-25)18-33-22-36-14-8-1-2-9-15-36/h3-7,10-13,19,21,24-25,33H,1-2,8-9,14-18,20,22H2,(H2,32,34,35). The summed E-state index contributed by atoms with van der Waals surface area (Å²) < 4.78 is 8.61. The fraction of sp³-hybridized carbons (Fsp3) is 0.419. The van der Waals surface area contributed by atoms with E-state index < -0.39 is 0 Å². The van der Waals surface area contributed by atoms with Crippen molar-refractivity contribution in [2.24, 2.45) is 5.92 Å². The van der Waals surface area contributed by atoms with Crippen LogP contribution in [0, 0.1) is 5.92 Å². The van der Waals surface area contributed by atoms with Gasteiger partial charge < -0.3 is 20.4 Å². The van der Waals surface area contributed by atoms with Gasteiger partial charge in [0.2, 0.25) is 0 Å². The number of nitrogen functional groups attached to an aromatic ring is 1. The number of ether oxygens (including phenoxy) is 1. The molecule has 0 amide bonds. The summed E-state index contributed by atoms with van der Waals surface area (Å²) in [6, 6.07) is 18.8. The van der Waals surface area contributed by atoms with E-state index >= 15 is 0 Å². The van der Waals surface area contributed by atoms with Gasteiger partial charge in [-0.3, -0.25) is 4.90 Å². The van der Waals surface area contributed by atoms with Crippen LogP contribution >= 0.6 is 0 Å². The molecule has 1 aliphatic carbocycles. The van der Waals surface area contributed by atoms with Gasteiger partial charge >= 0.3 is 0 Å². The van der Waals surface area contributed by atoms with Crippen LogP contribution in [0.5, 0.6) is 5.75 Å². The van der Waals surface area contributed by atoms with Crippen molar-refractivity contribution in [1.82, 2.24) is 24.8 Å². The van der Waals surface area contributed by atoms with Gasteiger partial charge in [-0.1, -0.05) is 61.4 Å². The van der Waals surface area contributed by atoms with Crippen molar-refractivity contribution in [2.75, 3.05) is 32.0 Å². The molecule has 4 aromatic rings. The van der Waals surface area contributed by atoms with Gasteiger partial charge in [-0.15, -0.1) is 0 Å². The minimum Gasteiger partial charge on any atom is -0.488 e. The minimum absolute atomic E-state index is 0.419. The number of nitrogens with one attached hydrogen (secondary N) is 1. The molecule has 6 rings (SSSR count). The normalized spacial score (nSPS) is 20.2. The van der Waals surface area contributed by atoms with E-state index in [-0.39, 0.29) is 0 Å². The van der Waals surface area contributed by atoms with Gasteiger partial charge in [-0.25, -0.2) is 9.97 Å². The lowest BCUT2D eigenvalue weighted by Gasteiger charge is -2.37. The molecule has 0 bridgehead atoms. The smallest absolute Gasteiger partial charge is 0.146 e. The molecule has 2 aliphatic rings. The number of anilines is 1. The quantitative estimate of drug-likeness (QED) is 0.304. The maximum Gasteiger partial charge on any atom is 0.146 e. The third kappa shape index (κ3) is 5.40. The Morgan fingerprint density at radius 2 is 1.66 bits per heavy atom. The van der Waals surface area contributed by atoms with Crippen molar-refractivity contribution >= 4 is 16.9 Å². The molecule has 198 valence electrons. The highest BCUT2D eigenvalue weighted by molar-refractivity contribution is 6.01. The largest absolute Gasteiger partial charge is 0.488 e. The SMILES string of the molecule is Nc1ncnc2c1c(-c1ccccc1OCc1ccccc1)cn2C1CC(CNCN2CCCCCC2)C1. The monoisotopic (exact) mass is 510 g/mol. The highest BCUT2D eigenvalue weighted by Crippen LogP contribution is 2.44. The molecule has 0 radical (unpaired) electrons. The van der Waals surface area contributed by atoms with Gasteiger partial charge in [0, 0.05) is 30.0 Å². The van der Waals surface area contributed by atoms with Crippen LogP contribution in [0.2, 0.25) is 0 Å². The number of nitrogens with two attached hydrogens (primary N) is 1. The molecule has 7 nitrogen and oxygen atoms in total. The number of aromatic nitrogens is 3. The number of nitrogens with zero attached hydrogens (tertiary/aromatic N) is 4. The first kappa shape index (κ1) is 24.9. The Morgan fingerprint density at radius 3 is 2.47 bits per heavy atom. The Labute approximate surface area is 225 Å². The zero-order valence-corrected chi connectivity index (χ0v) is 22.1. The van der Waals surface area contributed by atoms with E-state index in [1.165, 1.54) is 38.8 Å². The predicted molar refractivity (Wildman–Crippen MR) is 153 cm³/mol. The molecule has 1 saturated heterocycles. The van der Waals surface area contributed by atoms with Crippen LogP contribution < -0.4 is 15.8 Å². The summed E-state index contributed by atoms with van der Waals surface area (Å²) in [6.45, 7) is 5.07. The summed E-state index contributed by atoms with van der Waals surface area (Å²) in [4.78, 5) is 11.6. The summed E-state index contributed by atoms with van der Waals surface area (Å²) in [5, 5.41) is 4.63. The van der Waals surface area contributed by atoms with Gasteiger partial charge in [-0.2, -0.15) is 0 Å². The van der Waals surface area contributed by atoms with Crippen molar-refractivity contribution in [2.45, 2.75) is 51.2 Å². The average Bonchev–Trinajstić information content (AvgIpc) is 3.11. The lowest BCUT2D eigenvalue weighted by molar-refractivity contribution is 0.180. The van der Waals surface area contributed by atoms with Crippen LogP contribution in [0.15, 0.2) is 67.1 Å². The Kier molecular flexibility index (Phi) is 7.56. The summed E-state index contributed by atoms with van der Waals surface area (Å²) in [6.07, 6.45) is 11.5. The Morgan fingerprint density at radius 1 is 0.895 bits per heavy atom. The topological polar surface area (TPSA) is 81.2 Å². The second-order valence-corrected chi connectivity index (χ2v) is 10.8. The zero-order chi connectivity index (χ0) is 25.7. The number of likely N-dealkylation sites (tertiary alicyclic amines) is 1. The molecular weight excluding hydrogens is 472 g/mol. The third-order valence-corrected chi connectivity index (χ3v) is 8.12. The molecule has 0 spiro atoms. The number of hydrogen-bond donors (Lipinski definition) is 2. The molecule has 1 aliphatic heterocycles. The third-order valence-electron chi connectivity index (χ3n) is 8.12. The Bertz CT molecular complexity index is 1340. The molecule has 1 saturated carbocycles. The van der Waals surface area contributed by atoms with Crippen LogP contribution in [0.25, 0.3) is 22.2 Å². The van der Waals surface area contributed by atoms with E-state index in [2.05, 4.69) is 49.1 Å². The van der Waals surface area contributed by atoms with Crippen LogP contribution in [-0.2, 0) is 6.61 Å². The fourth-order valence-electron chi connectivity index (χ4n) is 5.96. The second-order valence-electron chi connectivity index (χ2n) is 10.8. The Balaban J connectivity index is 1.17. The lowest BCUT2D eigenvalue weighted by atomic mass is 9.80. The van der Waals surface area contributed by atoms with E-state index in [0.29, 0.717) is 24.4 Å². The predicted octanol–water partition coefficient (Wildman–Crippen LogP) is 5.63. The van der Waals surface area contributed by atoms with Crippen LogP contribution in [0.3, 0.4) is 0 Å². The number of para-hydroxylation sites is 1. The van der Waals surface area contributed by atoms with E-state index in [9.17, 15) is 0 Å². The maximum atomic E-state index is 6.44. The number of benzene rings is 2. The highest BCUT2D eigenvalue weighted by atomic mass is 16.5.